The second-order valence-electron chi connectivity index (χ2n) is 6.22. The second kappa shape index (κ2) is 9.73. The van der Waals surface area contributed by atoms with Crippen molar-refractivity contribution in [2.45, 2.75) is 4.90 Å². The van der Waals surface area contributed by atoms with Crippen LogP contribution >= 0.6 is 11.6 Å². The van der Waals surface area contributed by atoms with E-state index in [1.54, 1.807) is 30.3 Å². The van der Waals surface area contributed by atoms with Gasteiger partial charge >= 0.3 is 0 Å². The Morgan fingerprint density at radius 2 is 1.72 bits per heavy atom. The van der Waals surface area contributed by atoms with Crippen LogP contribution in [0.15, 0.2) is 53.4 Å². The minimum atomic E-state index is -3.80. The summed E-state index contributed by atoms with van der Waals surface area (Å²) in [5.74, 6) is -0.583. The highest BCUT2D eigenvalue weighted by Crippen LogP contribution is 2.27. The fourth-order valence-corrected chi connectivity index (χ4v) is 3.75. The van der Waals surface area contributed by atoms with Gasteiger partial charge < -0.3 is 15.0 Å². The Balaban J connectivity index is 1.98. The lowest BCUT2D eigenvalue weighted by molar-refractivity contribution is -0.133. The topological polar surface area (TPSA) is 96.0 Å². The number of rotatable bonds is 8. The molecule has 29 heavy (non-hydrogen) atoms. The SMILES string of the molecule is COc1ccc(Cl)cc1NC(=O)CN(C)C(=O)CN(C)S(=O)(=O)c1ccccc1. The largest absolute Gasteiger partial charge is 0.495 e. The molecule has 0 radical (unpaired) electrons. The quantitative estimate of drug-likeness (QED) is 0.679. The van der Waals surface area contributed by atoms with Crippen LogP contribution in [0.4, 0.5) is 5.69 Å². The Bertz CT molecular complexity index is 983. The fourth-order valence-electron chi connectivity index (χ4n) is 2.44. The van der Waals surface area contributed by atoms with Gasteiger partial charge in [0.25, 0.3) is 0 Å². The number of carbonyl (C=O) groups excluding carboxylic acids is 2. The lowest BCUT2D eigenvalue weighted by Crippen LogP contribution is -2.42. The van der Waals surface area contributed by atoms with E-state index in [9.17, 15) is 18.0 Å². The average molecular weight is 440 g/mol. The maximum absolute atomic E-state index is 12.5. The number of hydrogen-bond donors (Lipinski definition) is 1. The van der Waals surface area contributed by atoms with Crippen LogP contribution in [0.3, 0.4) is 0 Å². The van der Waals surface area contributed by atoms with Crippen LogP contribution in [-0.2, 0) is 19.6 Å². The van der Waals surface area contributed by atoms with E-state index in [1.807, 2.05) is 0 Å². The van der Waals surface area contributed by atoms with Crippen molar-refractivity contribution >= 4 is 39.1 Å². The van der Waals surface area contributed by atoms with E-state index in [4.69, 9.17) is 16.3 Å². The molecule has 1 N–H and O–H groups in total. The summed E-state index contributed by atoms with van der Waals surface area (Å²) in [4.78, 5) is 25.9. The van der Waals surface area contributed by atoms with Crippen LogP contribution in [0, 0.1) is 0 Å². The molecule has 8 nitrogen and oxygen atoms in total. The molecular formula is C19H22ClN3O5S. The molecule has 0 aromatic heterocycles. The van der Waals surface area contributed by atoms with Crippen LogP contribution < -0.4 is 10.1 Å². The second-order valence-corrected chi connectivity index (χ2v) is 8.70. The van der Waals surface area contributed by atoms with Crippen LogP contribution in [0.25, 0.3) is 0 Å². The maximum Gasteiger partial charge on any atom is 0.244 e. The van der Waals surface area contributed by atoms with E-state index in [0.29, 0.717) is 16.5 Å². The number of amides is 2. The molecule has 0 unspecified atom stereocenters. The standard InChI is InChI=1S/C19H22ClN3O5S/c1-22(12-18(24)21-16-11-14(20)9-10-17(16)28-3)19(25)13-23(2)29(26,27)15-7-5-4-6-8-15/h4-11H,12-13H2,1-3H3,(H,21,24). The van der Waals surface area contributed by atoms with Crippen molar-refractivity contribution in [1.82, 2.24) is 9.21 Å². The molecule has 2 aromatic carbocycles. The van der Waals surface area contributed by atoms with Crippen LogP contribution in [0.2, 0.25) is 5.02 Å². The van der Waals surface area contributed by atoms with Gasteiger partial charge in [0.2, 0.25) is 21.8 Å². The van der Waals surface area contributed by atoms with Crippen molar-refractivity contribution in [3.05, 3.63) is 53.6 Å². The number of sulfonamides is 1. The first kappa shape index (κ1) is 22.7. The first-order valence-corrected chi connectivity index (χ1v) is 10.4. The average Bonchev–Trinajstić information content (AvgIpc) is 2.68. The highest BCUT2D eigenvalue weighted by Gasteiger charge is 2.24. The first-order chi connectivity index (χ1) is 13.6. The molecule has 2 amide bonds. The third kappa shape index (κ3) is 5.93. The van der Waals surface area contributed by atoms with Gasteiger partial charge in [-0.25, -0.2) is 8.42 Å². The smallest absolute Gasteiger partial charge is 0.244 e. The predicted molar refractivity (Wildman–Crippen MR) is 111 cm³/mol. The molecule has 0 fully saturated rings. The van der Waals surface area contributed by atoms with Gasteiger partial charge in [0.15, 0.2) is 0 Å². The molecule has 0 saturated carbocycles. The molecule has 0 aliphatic rings. The third-order valence-electron chi connectivity index (χ3n) is 4.05. The third-order valence-corrected chi connectivity index (χ3v) is 6.10. The molecule has 0 bridgehead atoms. The number of methoxy groups -OCH3 is 1. The summed E-state index contributed by atoms with van der Waals surface area (Å²) in [5, 5.41) is 3.04. The monoisotopic (exact) mass is 439 g/mol. The molecule has 0 atom stereocenters. The number of likely N-dealkylation sites (N-methyl/N-ethyl adjacent to an activating group) is 2. The van der Waals surface area contributed by atoms with Crippen molar-refractivity contribution in [1.29, 1.82) is 0 Å². The van der Waals surface area contributed by atoms with Gasteiger partial charge in [0.1, 0.15) is 5.75 Å². The zero-order chi connectivity index (χ0) is 21.6. The van der Waals surface area contributed by atoms with E-state index < -0.39 is 28.4 Å². The number of benzene rings is 2. The number of halogens is 1. The molecule has 10 heteroatoms. The Kier molecular flexibility index (Phi) is 7.60. The first-order valence-electron chi connectivity index (χ1n) is 8.54. The van der Waals surface area contributed by atoms with E-state index in [2.05, 4.69) is 5.32 Å². The van der Waals surface area contributed by atoms with Gasteiger partial charge in [-0.1, -0.05) is 29.8 Å². The van der Waals surface area contributed by atoms with Crippen molar-refractivity contribution in [3.8, 4) is 5.75 Å². The van der Waals surface area contributed by atoms with E-state index in [1.165, 1.54) is 39.4 Å². The highest BCUT2D eigenvalue weighted by molar-refractivity contribution is 7.89. The molecule has 0 aliphatic heterocycles. The van der Waals surface area contributed by atoms with Gasteiger partial charge in [-0.2, -0.15) is 4.31 Å². The molecule has 2 aromatic rings. The Morgan fingerprint density at radius 3 is 2.34 bits per heavy atom. The molecular weight excluding hydrogens is 418 g/mol. The Hall–Kier alpha value is -2.62. The predicted octanol–water partition coefficient (Wildman–Crippen LogP) is 2.07. The van der Waals surface area contributed by atoms with Crippen molar-refractivity contribution < 1.29 is 22.7 Å². The van der Waals surface area contributed by atoms with Crippen LogP contribution in [-0.4, -0.2) is 63.7 Å². The summed E-state index contributed by atoms with van der Waals surface area (Å²) >= 11 is 5.93. The van der Waals surface area contributed by atoms with Crippen molar-refractivity contribution in [3.63, 3.8) is 0 Å². The zero-order valence-corrected chi connectivity index (χ0v) is 17.8. The van der Waals surface area contributed by atoms with Crippen LogP contribution in [0.1, 0.15) is 0 Å². The highest BCUT2D eigenvalue weighted by atomic mass is 35.5. The van der Waals surface area contributed by atoms with Gasteiger partial charge in [-0.05, 0) is 30.3 Å². The fraction of sp³-hybridized carbons (Fsp3) is 0.263. The maximum atomic E-state index is 12.5. The van der Waals surface area contributed by atoms with E-state index in [-0.39, 0.29) is 11.4 Å². The number of hydrogen-bond acceptors (Lipinski definition) is 5. The Morgan fingerprint density at radius 1 is 1.07 bits per heavy atom. The lowest BCUT2D eigenvalue weighted by atomic mass is 10.3. The molecule has 0 heterocycles. The van der Waals surface area contributed by atoms with E-state index in [0.717, 1.165) is 9.21 Å². The van der Waals surface area contributed by atoms with Crippen molar-refractivity contribution in [2.75, 3.05) is 39.6 Å². The number of nitrogens with one attached hydrogen (secondary N) is 1. The molecule has 0 saturated heterocycles. The number of carbonyl (C=O) groups is 2. The van der Waals surface area contributed by atoms with Gasteiger partial charge in [-0.3, -0.25) is 9.59 Å². The lowest BCUT2D eigenvalue weighted by Gasteiger charge is -2.21. The molecule has 0 aliphatic carbocycles. The Labute approximate surface area is 175 Å². The van der Waals surface area contributed by atoms with Crippen LogP contribution in [0.5, 0.6) is 5.75 Å². The summed E-state index contributed by atoms with van der Waals surface area (Å²) < 4.78 is 31.1. The zero-order valence-electron chi connectivity index (χ0n) is 16.3. The van der Waals surface area contributed by atoms with Gasteiger partial charge in [0, 0.05) is 19.1 Å². The minimum absolute atomic E-state index is 0.0868. The summed E-state index contributed by atoms with van der Waals surface area (Å²) in [5.41, 5.74) is 0.370. The van der Waals surface area contributed by atoms with E-state index >= 15 is 0 Å². The van der Waals surface area contributed by atoms with Crippen molar-refractivity contribution in [2.24, 2.45) is 0 Å². The number of ether oxygens (including phenoxy) is 1. The van der Waals surface area contributed by atoms with Gasteiger partial charge in [-0.15, -0.1) is 0 Å². The summed E-state index contributed by atoms with van der Waals surface area (Å²) in [6.07, 6.45) is 0. The minimum Gasteiger partial charge on any atom is -0.495 e. The number of nitrogens with zero attached hydrogens (tertiary/aromatic N) is 2. The number of anilines is 1. The summed E-state index contributed by atoms with van der Waals surface area (Å²) in [7, 11) is 0.379. The molecule has 2 rings (SSSR count). The van der Waals surface area contributed by atoms with Gasteiger partial charge in [0.05, 0.1) is 30.8 Å². The normalized spacial score (nSPS) is 11.2. The summed E-state index contributed by atoms with van der Waals surface area (Å²) in [6, 6.07) is 12.6. The summed E-state index contributed by atoms with van der Waals surface area (Å²) in [6.45, 7) is -0.671. The molecule has 156 valence electrons. The molecule has 0 spiro atoms.